The Bertz CT molecular complexity index is 776. The molecule has 2 aromatic rings. The van der Waals surface area contributed by atoms with E-state index in [2.05, 4.69) is 21.5 Å². The molecule has 0 unspecified atom stereocenters. The van der Waals surface area contributed by atoms with E-state index >= 15 is 0 Å². The van der Waals surface area contributed by atoms with E-state index in [0.29, 0.717) is 17.1 Å². The van der Waals surface area contributed by atoms with Crippen molar-refractivity contribution in [2.24, 2.45) is 0 Å². The van der Waals surface area contributed by atoms with Gasteiger partial charge in [-0.2, -0.15) is 0 Å². The standard InChI is InChI=1S/C18H19ClN4O3/c1-12-2-4-13(5-3-12)10-20-18(26)21-11-16(24)22-23-17(25)14-6-8-15(19)9-7-14/h2-9H,10-11H2,1H3,(H,22,24)(H,23,25)(H2,20,21,26). The van der Waals surface area contributed by atoms with Gasteiger partial charge in [0.25, 0.3) is 11.8 Å². The van der Waals surface area contributed by atoms with E-state index < -0.39 is 17.8 Å². The van der Waals surface area contributed by atoms with Crippen molar-refractivity contribution in [1.29, 1.82) is 0 Å². The average molecular weight is 375 g/mol. The maximum absolute atomic E-state index is 11.8. The van der Waals surface area contributed by atoms with Crippen LogP contribution in [0.4, 0.5) is 4.79 Å². The van der Waals surface area contributed by atoms with Crippen LogP contribution in [0.15, 0.2) is 48.5 Å². The summed E-state index contributed by atoms with van der Waals surface area (Å²) in [4.78, 5) is 35.2. The molecule has 2 rings (SSSR count). The molecule has 0 atom stereocenters. The van der Waals surface area contributed by atoms with Crippen LogP contribution in [0, 0.1) is 6.92 Å². The quantitative estimate of drug-likeness (QED) is 0.601. The number of hydrogen-bond donors (Lipinski definition) is 4. The van der Waals surface area contributed by atoms with E-state index in [9.17, 15) is 14.4 Å². The highest BCUT2D eigenvalue weighted by molar-refractivity contribution is 6.30. The first-order chi connectivity index (χ1) is 12.4. The Labute approximate surface area is 156 Å². The normalized spacial score (nSPS) is 9.92. The van der Waals surface area contributed by atoms with Gasteiger partial charge in [-0.15, -0.1) is 0 Å². The van der Waals surface area contributed by atoms with E-state index in [4.69, 9.17) is 11.6 Å². The molecule has 26 heavy (non-hydrogen) atoms. The van der Waals surface area contributed by atoms with Crippen LogP contribution in [0.5, 0.6) is 0 Å². The molecule has 2 aromatic carbocycles. The summed E-state index contributed by atoms with van der Waals surface area (Å²) >= 11 is 5.74. The van der Waals surface area contributed by atoms with Gasteiger partial charge in [-0.3, -0.25) is 20.4 Å². The Morgan fingerprint density at radius 3 is 2.19 bits per heavy atom. The monoisotopic (exact) mass is 374 g/mol. The number of halogens is 1. The number of benzene rings is 2. The lowest BCUT2D eigenvalue weighted by Crippen LogP contribution is -2.47. The molecule has 0 bridgehead atoms. The van der Waals surface area contributed by atoms with Crippen molar-refractivity contribution < 1.29 is 14.4 Å². The van der Waals surface area contributed by atoms with Crippen LogP contribution in [0.25, 0.3) is 0 Å². The Balaban J connectivity index is 1.66. The Morgan fingerprint density at radius 2 is 1.54 bits per heavy atom. The highest BCUT2D eigenvalue weighted by Crippen LogP contribution is 2.08. The van der Waals surface area contributed by atoms with Crippen LogP contribution in [0.2, 0.25) is 5.02 Å². The molecule has 0 spiro atoms. The first kappa shape index (κ1) is 19.3. The summed E-state index contributed by atoms with van der Waals surface area (Å²) in [5.41, 5.74) is 6.90. The van der Waals surface area contributed by atoms with Crippen molar-refractivity contribution in [3.8, 4) is 0 Å². The van der Waals surface area contributed by atoms with E-state index in [1.165, 1.54) is 12.1 Å². The fourth-order valence-corrected chi connectivity index (χ4v) is 2.08. The molecule has 4 amide bonds. The van der Waals surface area contributed by atoms with Crippen molar-refractivity contribution >= 4 is 29.4 Å². The fraction of sp³-hybridized carbons (Fsp3) is 0.167. The van der Waals surface area contributed by atoms with Crippen molar-refractivity contribution in [1.82, 2.24) is 21.5 Å². The molecular formula is C18H19ClN4O3. The van der Waals surface area contributed by atoms with Gasteiger partial charge in [0.15, 0.2) is 0 Å². The van der Waals surface area contributed by atoms with Gasteiger partial charge < -0.3 is 10.6 Å². The molecule has 0 aliphatic rings. The summed E-state index contributed by atoms with van der Waals surface area (Å²) < 4.78 is 0. The van der Waals surface area contributed by atoms with Gasteiger partial charge in [0.2, 0.25) is 0 Å². The Morgan fingerprint density at radius 1 is 0.885 bits per heavy atom. The van der Waals surface area contributed by atoms with E-state index in [1.807, 2.05) is 31.2 Å². The first-order valence-electron chi connectivity index (χ1n) is 7.86. The number of urea groups is 1. The predicted octanol–water partition coefficient (Wildman–Crippen LogP) is 1.91. The van der Waals surface area contributed by atoms with Crippen LogP contribution in [0.3, 0.4) is 0 Å². The molecule has 7 nitrogen and oxygen atoms in total. The molecule has 0 radical (unpaired) electrons. The number of hydrazine groups is 1. The largest absolute Gasteiger partial charge is 0.334 e. The number of nitrogens with one attached hydrogen (secondary N) is 4. The highest BCUT2D eigenvalue weighted by Gasteiger charge is 2.08. The molecule has 0 saturated carbocycles. The van der Waals surface area contributed by atoms with Crippen molar-refractivity contribution in [3.05, 3.63) is 70.2 Å². The molecule has 136 valence electrons. The van der Waals surface area contributed by atoms with Gasteiger partial charge >= 0.3 is 6.03 Å². The second-order valence-electron chi connectivity index (χ2n) is 5.53. The molecule has 0 heterocycles. The number of carbonyl (C=O) groups excluding carboxylic acids is 3. The van der Waals surface area contributed by atoms with Crippen LogP contribution in [-0.2, 0) is 11.3 Å². The minimum atomic E-state index is -0.558. The SMILES string of the molecule is Cc1ccc(CNC(=O)NCC(=O)NNC(=O)c2ccc(Cl)cc2)cc1. The van der Waals surface area contributed by atoms with Crippen LogP contribution < -0.4 is 21.5 Å². The fourth-order valence-electron chi connectivity index (χ4n) is 1.96. The van der Waals surface area contributed by atoms with E-state index in [-0.39, 0.29) is 6.54 Å². The summed E-state index contributed by atoms with van der Waals surface area (Å²) in [6.45, 7) is 2.05. The maximum atomic E-state index is 11.8. The summed E-state index contributed by atoms with van der Waals surface area (Å²) in [6.07, 6.45) is 0. The summed E-state index contributed by atoms with van der Waals surface area (Å²) in [7, 11) is 0. The lowest BCUT2D eigenvalue weighted by atomic mass is 10.1. The van der Waals surface area contributed by atoms with Gasteiger partial charge in [0.1, 0.15) is 6.54 Å². The number of rotatable bonds is 5. The zero-order valence-electron chi connectivity index (χ0n) is 14.1. The van der Waals surface area contributed by atoms with Crippen molar-refractivity contribution in [2.75, 3.05) is 6.54 Å². The van der Waals surface area contributed by atoms with Gasteiger partial charge in [-0.25, -0.2) is 4.79 Å². The molecule has 8 heteroatoms. The topological polar surface area (TPSA) is 99.3 Å². The van der Waals surface area contributed by atoms with Crippen molar-refractivity contribution in [3.63, 3.8) is 0 Å². The first-order valence-corrected chi connectivity index (χ1v) is 8.24. The zero-order chi connectivity index (χ0) is 18.9. The predicted molar refractivity (Wildman–Crippen MR) is 98.5 cm³/mol. The van der Waals surface area contributed by atoms with Gasteiger partial charge in [-0.1, -0.05) is 41.4 Å². The van der Waals surface area contributed by atoms with Crippen molar-refractivity contribution in [2.45, 2.75) is 13.5 Å². The second-order valence-corrected chi connectivity index (χ2v) is 5.97. The third kappa shape index (κ3) is 6.45. The molecular weight excluding hydrogens is 356 g/mol. The van der Waals surface area contributed by atoms with E-state index in [1.54, 1.807) is 12.1 Å². The molecule has 4 N–H and O–H groups in total. The molecule has 0 aliphatic heterocycles. The molecule has 0 aromatic heterocycles. The van der Waals surface area contributed by atoms with E-state index in [0.717, 1.165) is 11.1 Å². The third-order valence-corrected chi connectivity index (χ3v) is 3.66. The molecule has 0 aliphatic carbocycles. The number of aryl methyl sites for hydroxylation is 1. The minimum absolute atomic E-state index is 0.277. The summed E-state index contributed by atoms with van der Waals surface area (Å²) in [6, 6.07) is 13.4. The molecule has 0 saturated heterocycles. The lowest BCUT2D eigenvalue weighted by Gasteiger charge is -2.09. The lowest BCUT2D eigenvalue weighted by molar-refractivity contribution is -0.120. The third-order valence-electron chi connectivity index (χ3n) is 3.41. The zero-order valence-corrected chi connectivity index (χ0v) is 14.9. The average Bonchev–Trinajstić information content (AvgIpc) is 2.64. The van der Waals surface area contributed by atoms with Crippen LogP contribution in [-0.4, -0.2) is 24.4 Å². The Hall–Kier alpha value is -3.06. The molecule has 0 fully saturated rings. The van der Waals surface area contributed by atoms with Gasteiger partial charge in [0, 0.05) is 17.1 Å². The van der Waals surface area contributed by atoms with Gasteiger partial charge in [-0.05, 0) is 36.8 Å². The second kappa shape index (κ2) is 9.43. The number of amides is 4. The smallest absolute Gasteiger partial charge is 0.315 e. The number of hydrogen-bond acceptors (Lipinski definition) is 3. The number of carbonyl (C=O) groups is 3. The Kier molecular flexibility index (Phi) is 6.99. The summed E-state index contributed by atoms with van der Waals surface area (Å²) in [5, 5.41) is 5.55. The van der Waals surface area contributed by atoms with Crippen LogP contribution >= 0.6 is 11.6 Å². The maximum Gasteiger partial charge on any atom is 0.315 e. The summed E-state index contributed by atoms with van der Waals surface area (Å²) in [5.74, 6) is -1.04. The van der Waals surface area contributed by atoms with Crippen LogP contribution in [0.1, 0.15) is 21.5 Å². The minimum Gasteiger partial charge on any atom is -0.334 e. The van der Waals surface area contributed by atoms with Gasteiger partial charge in [0.05, 0.1) is 0 Å². The highest BCUT2D eigenvalue weighted by atomic mass is 35.5.